The fourth-order valence-electron chi connectivity index (χ4n) is 4.70. The van der Waals surface area contributed by atoms with E-state index in [9.17, 15) is 24.6 Å². The Balaban J connectivity index is 3.04. The number of aliphatic hydroxyl groups is 2. The highest BCUT2D eigenvalue weighted by atomic mass is 16.3. The minimum atomic E-state index is -1.34. The molecule has 1 aromatic heterocycles. The first-order chi connectivity index (χ1) is 18.5. The van der Waals surface area contributed by atoms with Crippen molar-refractivity contribution in [2.75, 3.05) is 6.54 Å². The topological polar surface area (TPSA) is 141 Å². The summed E-state index contributed by atoms with van der Waals surface area (Å²) in [6.07, 6.45) is 5.91. The minimum absolute atomic E-state index is 0.105. The first-order valence-electron chi connectivity index (χ1n) is 14.6. The Morgan fingerprint density at radius 3 is 2.13 bits per heavy atom. The van der Waals surface area contributed by atoms with Gasteiger partial charge in [-0.3, -0.25) is 19.4 Å². The molecule has 0 aliphatic carbocycles. The van der Waals surface area contributed by atoms with Gasteiger partial charge in [0.1, 0.15) is 12.1 Å². The highest BCUT2D eigenvalue weighted by Crippen LogP contribution is 2.21. The van der Waals surface area contributed by atoms with E-state index in [-0.39, 0.29) is 24.2 Å². The number of carbonyl (C=O) groups excluding carboxylic acids is 3. The highest BCUT2D eigenvalue weighted by Gasteiger charge is 2.32. The molecule has 0 saturated heterocycles. The van der Waals surface area contributed by atoms with Gasteiger partial charge in [-0.15, -0.1) is 0 Å². The quantitative estimate of drug-likeness (QED) is 0.179. The number of nitrogens with one attached hydrogen (secondary N) is 3. The van der Waals surface area contributed by atoms with Crippen LogP contribution in [0.1, 0.15) is 103 Å². The van der Waals surface area contributed by atoms with Crippen molar-refractivity contribution >= 4 is 17.7 Å². The molecule has 0 fully saturated rings. The molecule has 0 aromatic carbocycles. The van der Waals surface area contributed by atoms with E-state index in [1.165, 1.54) is 6.20 Å². The second-order valence-electron chi connectivity index (χ2n) is 11.5. The minimum Gasteiger partial charge on any atom is -0.390 e. The summed E-state index contributed by atoms with van der Waals surface area (Å²) in [5.41, 5.74) is 0.357. The number of aliphatic hydroxyl groups excluding tert-OH is 2. The van der Waals surface area contributed by atoms with Gasteiger partial charge in [0.2, 0.25) is 11.8 Å². The number of hydrogen-bond donors (Lipinski definition) is 5. The summed E-state index contributed by atoms with van der Waals surface area (Å²) in [7, 11) is 0. The van der Waals surface area contributed by atoms with Crippen LogP contribution in [-0.4, -0.2) is 63.8 Å². The molecule has 3 amide bonds. The Morgan fingerprint density at radius 1 is 0.923 bits per heavy atom. The van der Waals surface area contributed by atoms with E-state index in [0.29, 0.717) is 30.9 Å². The van der Waals surface area contributed by atoms with Gasteiger partial charge in [0, 0.05) is 18.9 Å². The molecular formula is C30H52N4O5. The molecule has 0 radical (unpaired) electrons. The van der Waals surface area contributed by atoms with Crippen molar-refractivity contribution in [2.24, 2.45) is 17.8 Å². The first kappa shape index (κ1) is 34.5. The molecule has 4 atom stereocenters. The van der Waals surface area contributed by atoms with Gasteiger partial charge in [0.15, 0.2) is 0 Å². The lowest BCUT2D eigenvalue weighted by Gasteiger charge is -2.31. The van der Waals surface area contributed by atoms with Crippen molar-refractivity contribution in [3.8, 4) is 0 Å². The third kappa shape index (κ3) is 13.9. The monoisotopic (exact) mass is 548 g/mol. The maximum Gasteiger partial charge on any atom is 0.253 e. The van der Waals surface area contributed by atoms with Crippen molar-refractivity contribution in [3.63, 3.8) is 0 Å². The molecule has 9 heteroatoms. The molecule has 5 N–H and O–H groups in total. The third-order valence-electron chi connectivity index (χ3n) is 6.76. The fraction of sp³-hybridized carbons (Fsp3) is 0.733. The first-order valence-corrected chi connectivity index (χ1v) is 14.6. The van der Waals surface area contributed by atoms with Crippen molar-refractivity contribution in [1.29, 1.82) is 0 Å². The zero-order chi connectivity index (χ0) is 29.4. The van der Waals surface area contributed by atoms with Crippen molar-refractivity contribution in [2.45, 2.75) is 117 Å². The van der Waals surface area contributed by atoms with E-state index in [1.807, 2.05) is 27.7 Å². The zero-order valence-electron chi connectivity index (χ0n) is 24.8. The summed E-state index contributed by atoms with van der Waals surface area (Å²) in [5.74, 6) is -0.349. The molecule has 1 rings (SSSR count). The van der Waals surface area contributed by atoms with Gasteiger partial charge in [0.25, 0.3) is 5.91 Å². The largest absolute Gasteiger partial charge is 0.390 e. The van der Waals surface area contributed by atoms with E-state index >= 15 is 0 Å². The molecular weight excluding hydrogens is 496 g/mol. The van der Waals surface area contributed by atoms with Gasteiger partial charge >= 0.3 is 0 Å². The Morgan fingerprint density at radius 2 is 1.59 bits per heavy atom. The van der Waals surface area contributed by atoms with Crippen molar-refractivity contribution < 1.29 is 24.6 Å². The Labute approximate surface area is 234 Å². The van der Waals surface area contributed by atoms with E-state index in [4.69, 9.17) is 0 Å². The average molecular weight is 549 g/mol. The highest BCUT2D eigenvalue weighted by molar-refractivity contribution is 5.97. The number of pyridine rings is 1. The summed E-state index contributed by atoms with van der Waals surface area (Å²) in [6, 6.07) is 1.70. The smallest absolute Gasteiger partial charge is 0.253 e. The lowest BCUT2D eigenvalue weighted by Crippen LogP contribution is -2.55. The van der Waals surface area contributed by atoms with Gasteiger partial charge in [-0.05, 0) is 49.1 Å². The second kappa shape index (κ2) is 18.7. The SMILES string of the molecule is CCCC(CCC)CCC(NC(=O)c1cccnc1)C(=O)N[C@@H](CC(C)C)[C@@H](O)[C@H](O)CC(=O)NCC(C)C. The molecule has 1 heterocycles. The number of aromatic nitrogens is 1. The van der Waals surface area contributed by atoms with Crippen LogP contribution in [0.25, 0.3) is 0 Å². The van der Waals surface area contributed by atoms with E-state index in [1.54, 1.807) is 18.3 Å². The summed E-state index contributed by atoms with van der Waals surface area (Å²) in [4.78, 5) is 42.7. The molecule has 0 aliphatic heterocycles. The molecule has 0 saturated carbocycles. The van der Waals surface area contributed by atoms with Crippen molar-refractivity contribution in [1.82, 2.24) is 20.9 Å². The number of rotatable bonds is 19. The normalized spacial score (nSPS) is 14.6. The van der Waals surface area contributed by atoms with Crippen LogP contribution >= 0.6 is 0 Å². The predicted molar refractivity (Wildman–Crippen MR) is 154 cm³/mol. The number of hydrogen-bond acceptors (Lipinski definition) is 6. The van der Waals surface area contributed by atoms with Crippen LogP contribution in [0.2, 0.25) is 0 Å². The molecule has 9 nitrogen and oxygen atoms in total. The van der Waals surface area contributed by atoms with E-state index in [0.717, 1.165) is 32.1 Å². The average Bonchev–Trinajstić information content (AvgIpc) is 2.89. The standard InChI is InChI=1S/C30H52N4O5/c1-7-10-22(11-8-2)13-14-24(33-29(38)23-12-9-15-31-19-23)30(39)34-25(16-20(3)4)28(37)26(35)17-27(36)32-18-21(5)6/h9,12,15,19-22,24-26,28,35,37H,7-8,10-11,13-14,16-18H2,1-6H3,(H,32,36)(H,33,38)(H,34,39)/t24?,25-,26+,28+/m0/s1. The van der Waals surface area contributed by atoms with Crippen LogP contribution in [0.5, 0.6) is 0 Å². The van der Waals surface area contributed by atoms with Crippen LogP contribution < -0.4 is 16.0 Å². The molecule has 0 spiro atoms. The van der Waals surface area contributed by atoms with Crippen LogP contribution in [0.15, 0.2) is 24.5 Å². The van der Waals surface area contributed by atoms with Crippen LogP contribution in [0, 0.1) is 17.8 Å². The van der Waals surface area contributed by atoms with E-state index < -0.39 is 36.1 Å². The predicted octanol–water partition coefficient (Wildman–Crippen LogP) is 3.59. The fourth-order valence-corrected chi connectivity index (χ4v) is 4.70. The van der Waals surface area contributed by atoms with Gasteiger partial charge < -0.3 is 26.2 Å². The maximum atomic E-state index is 13.5. The van der Waals surface area contributed by atoms with Gasteiger partial charge in [-0.25, -0.2) is 0 Å². The van der Waals surface area contributed by atoms with Crippen LogP contribution in [0.4, 0.5) is 0 Å². The van der Waals surface area contributed by atoms with Gasteiger partial charge in [-0.1, -0.05) is 67.2 Å². The number of nitrogens with zero attached hydrogens (tertiary/aromatic N) is 1. The molecule has 1 aromatic rings. The maximum absolute atomic E-state index is 13.5. The van der Waals surface area contributed by atoms with Crippen molar-refractivity contribution in [3.05, 3.63) is 30.1 Å². The molecule has 222 valence electrons. The molecule has 1 unspecified atom stereocenters. The lowest BCUT2D eigenvalue weighted by atomic mass is 9.90. The zero-order valence-corrected chi connectivity index (χ0v) is 24.8. The molecule has 0 aliphatic rings. The van der Waals surface area contributed by atoms with Gasteiger partial charge in [0.05, 0.1) is 24.1 Å². The van der Waals surface area contributed by atoms with Gasteiger partial charge in [-0.2, -0.15) is 0 Å². The Kier molecular flexibility index (Phi) is 16.6. The summed E-state index contributed by atoms with van der Waals surface area (Å²) < 4.78 is 0. The lowest BCUT2D eigenvalue weighted by molar-refractivity contribution is -0.127. The molecule has 0 bridgehead atoms. The Hall–Kier alpha value is -2.52. The van der Waals surface area contributed by atoms with Crippen LogP contribution in [-0.2, 0) is 9.59 Å². The summed E-state index contributed by atoms with van der Waals surface area (Å²) in [6.45, 7) is 12.6. The van der Waals surface area contributed by atoms with E-state index in [2.05, 4.69) is 34.8 Å². The second-order valence-corrected chi connectivity index (χ2v) is 11.5. The number of carbonyl (C=O) groups is 3. The Bertz CT molecular complexity index is 843. The van der Waals surface area contributed by atoms with Crippen LogP contribution in [0.3, 0.4) is 0 Å². The molecule has 39 heavy (non-hydrogen) atoms. The third-order valence-corrected chi connectivity index (χ3v) is 6.76. The number of amides is 3. The summed E-state index contributed by atoms with van der Waals surface area (Å²) >= 11 is 0. The summed E-state index contributed by atoms with van der Waals surface area (Å²) in [5, 5.41) is 30.1.